The molecule has 2 heterocycles. The summed E-state index contributed by atoms with van der Waals surface area (Å²) in [6.07, 6.45) is 0.951. The van der Waals surface area contributed by atoms with Crippen LogP contribution in [0.25, 0.3) is 0 Å². The molecule has 2 saturated heterocycles. The standard InChI is InChI=1S/C18H16O9/c1-6(19)10-8(21)5-9-15(3,12(10)22)17(24)14(26-9)11(7(2)20)13(23)16(4)18(17,25)27-16/h5,21,24-25H,1-4H3/t15-,16?,17-,18?/m0/s1. The molecule has 4 aliphatic rings. The predicted octanol–water partition coefficient (Wildman–Crippen LogP) is -0.475. The smallest absolute Gasteiger partial charge is 0.242 e. The van der Waals surface area contributed by atoms with Gasteiger partial charge in [-0.05, 0) is 27.7 Å². The Morgan fingerprint density at radius 2 is 1.56 bits per heavy atom. The molecule has 2 unspecified atom stereocenters. The quantitative estimate of drug-likeness (QED) is 0.429. The van der Waals surface area contributed by atoms with E-state index in [9.17, 15) is 34.5 Å². The summed E-state index contributed by atoms with van der Waals surface area (Å²) < 4.78 is 10.7. The zero-order valence-electron chi connectivity index (χ0n) is 14.9. The number of rotatable bonds is 2. The van der Waals surface area contributed by atoms with Crippen molar-refractivity contribution in [3.63, 3.8) is 0 Å². The molecule has 2 fully saturated rings. The topological polar surface area (TPSA) is 151 Å². The van der Waals surface area contributed by atoms with Crippen LogP contribution in [0.3, 0.4) is 0 Å². The van der Waals surface area contributed by atoms with E-state index in [1.54, 1.807) is 0 Å². The highest BCUT2D eigenvalue weighted by molar-refractivity contribution is 6.27. The average Bonchev–Trinajstić information content (AvgIpc) is 3.06. The Balaban J connectivity index is 2.09. The van der Waals surface area contributed by atoms with E-state index in [1.807, 2.05) is 0 Å². The Bertz CT molecular complexity index is 998. The van der Waals surface area contributed by atoms with E-state index in [2.05, 4.69) is 0 Å². The molecule has 2 aliphatic heterocycles. The van der Waals surface area contributed by atoms with Gasteiger partial charge in [-0.15, -0.1) is 0 Å². The van der Waals surface area contributed by atoms with Crippen LogP contribution in [0.2, 0.25) is 0 Å². The van der Waals surface area contributed by atoms with Gasteiger partial charge in [-0.3, -0.25) is 19.2 Å². The fourth-order valence-electron chi connectivity index (χ4n) is 4.32. The van der Waals surface area contributed by atoms with Gasteiger partial charge in [0.15, 0.2) is 28.7 Å². The molecule has 27 heavy (non-hydrogen) atoms. The van der Waals surface area contributed by atoms with Crippen molar-refractivity contribution in [3.8, 4) is 0 Å². The molecule has 0 aromatic carbocycles. The third-order valence-electron chi connectivity index (χ3n) is 6.00. The van der Waals surface area contributed by atoms with Crippen LogP contribution in [0.5, 0.6) is 0 Å². The van der Waals surface area contributed by atoms with Gasteiger partial charge in [0.1, 0.15) is 28.1 Å². The molecule has 0 amide bonds. The van der Waals surface area contributed by atoms with E-state index >= 15 is 0 Å². The highest BCUT2D eigenvalue weighted by Crippen LogP contribution is 2.70. The number of carbonyl (C=O) groups is 4. The summed E-state index contributed by atoms with van der Waals surface area (Å²) in [5.74, 6) is -7.61. The van der Waals surface area contributed by atoms with Crippen molar-refractivity contribution in [2.24, 2.45) is 5.41 Å². The average molecular weight is 376 g/mol. The minimum atomic E-state index is -2.66. The lowest BCUT2D eigenvalue weighted by atomic mass is 9.59. The molecule has 3 N–H and O–H groups in total. The van der Waals surface area contributed by atoms with Crippen LogP contribution in [-0.2, 0) is 28.7 Å². The van der Waals surface area contributed by atoms with Crippen molar-refractivity contribution in [1.29, 1.82) is 0 Å². The van der Waals surface area contributed by atoms with Gasteiger partial charge in [-0.2, -0.15) is 0 Å². The number of ether oxygens (including phenoxy) is 2. The van der Waals surface area contributed by atoms with E-state index in [1.165, 1.54) is 13.8 Å². The maximum absolute atomic E-state index is 13.1. The first-order valence-electron chi connectivity index (χ1n) is 8.13. The lowest BCUT2D eigenvalue weighted by Gasteiger charge is -2.41. The summed E-state index contributed by atoms with van der Waals surface area (Å²) in [7, 11) is 0. The monoisotopic (exact) mass is 376 g/mol. The molecule has 0 saturated carbocycles. The summed E-state index contributed by atoms with van der Waals surface area (Å²) in [5, 5.41) is 32.6. The number of carbonyl (C=O) groups excluding carboxylic acids is 4. The maximum Gasteiger partial charge on any atom is 0.242 e. The summed E-state index contributed by atoms with van der Waals surface area (Å²) in [6, 6.07) is 0. The molecule has 0 bridgehead atoms. The van der Waals surface area contributed by atoms with Crippen LogP contribution in [-0.4, -0.2) is 55.4 Å². The molecule has 2 aliphatic carbocycles. The third kappa shape index (κ3) is 1.50. The fourth-order valence-corrected chi connectivity index (χ4v) is 4.32. The second kappa shape index (κ2) is 4.44. The number of aliphatic hydroxyl groups excluding tert-OH is 1. The van der Waals surface area contributed by atoms with Gasteiger partial charge >= 0.3 is 0 Å². The molecule has 0 aromatic heterocycles. The Hall–Kier alpha value is -2.62. The molecule has 9 nitrogen and oxygen atoms in total. The zero-order valence-corrected chi connectivity index (χ0v) is 14.9. The Morgan fingerprint density at radius 1 is 1.00 bits per heavy atom. The maximum atomic E-state index is 13.1. The number of hydrogen-bond acceptors (Lipinski definition) is 9. The lowest BCUT2D eigenvalue weighted by Crippen LogP contribution is -2.65. The third-order valence-corrected chi connectivity index (χ3v) is 6.00. The Kier molecular flexibility index (Phi) is 2.92. The minimum absolute atomic E-state index is 0.313. The van der Waals surface area contributed by atoms with Crippen molar-refractivity contribution < 1.29 is 44.0 Å². The van der Waals surface area contributed by atoms with Gasteiger partial charge in [-0.1, -0.05) is 0 Å². The van der Waals surface area contributed by atoms with Gasteiger partial charge in [0.2, 0.25) is 17.2 Å². The van der Waals surface area contributed by atoms with Crippen molar-refractivity contribution in [2.75, 3.05) is 0 Å². The summed E-state index contributed by atoms with van der Waals surface area (Å²) in [6.45, 7) is 4.50. The van der Waals surface area contributed by atoms with Crippen LogP contribution in [0, 0.1) is 5.41 Å². The van der Waals surface area contributed by atoms with E-state index < -0.39 is 68.2 Å². The lowest BCUT2D eigenvalue weighted by molar-refractivity contribution is -0.178. The van der Waals surface area contributed by atoms with Crippen LogP contribution >= 0.6 is 0 Å². The van der Waals surface area contributed by atoms with Crippen molar-refractivity contribution >= 4 is 23.1 Å². The van der Waals surface area contributed by atoms with Crippen molar-refractivity contribution in [1.82, 2.24) is 0 Å². The number of fused-ring (bicyclic) bond motifs is 5. The number of allylic oxidation sites excluding steroid dienone is 2. The summed E-state index contributed by atoms with van der Waals surface area (Å²) in [4.78, 5) is 49.8. The second-order valence-corrected chi connectivity index (χ2v) is 7.46. The predicted molar refractivity (Wildman–Crippen MR) is 84.7 cm³/mol. The Morgan fingerprint density at radius 3 is 2.07 bits per heavy atom. The Labute approximate surface area is 152 Å². The second-order valence-electron chi connectivity index (χ2n) is 7.46. The number of aliphatic hydroxyl groups is 3. The largest absolute Gasteiger partial charge is 0.507 e. The van der Waals surface area contributed by atoms with Gasteiger partial charge in [0.05, 0.1) is 0 Å². The van der Waals surface area contributed by atoms with Crippen molar-refractivity contribution in [3.05, 3.63) is 34.5 Å². The molecule has 0 radical (unpaired) electrons. The first-order valence-corrected chi connectivity index (χ1v) is 8.13. The summed E-state index contributed by atoms with van der Waals surface area (Å²) >= 11 is 0. The number of ketones is 4. The molecule has 9 heteroatoms. The first kappa shape index (κ1) is 17.8. The van der Waals surface area contributed by atoms with Gasteiger partial charge < -0.3 is 24.8 Å². The molecular formula is C18H16O9. The highest BCUT2D eigenvalue weighted by Gasteiger charge is 2.91. The number of Topliss-reactive ketones (excluding diaryl/α,β-unsaturated/α-hetero) is 4. The zero-order chi connectivity index (χ0) is 20.3. The fraction of sp³-hybridized carbons (Fsp3) is 0.444. The molecule has 0 spiro atoms. The highest BCUT2D eigenvalue weighted by atomic mass is 16.8. The summed E-state index contributed by atoms with van der Waals surface area (Å²) in [5.41, 5.74) is -7.87. The molecular weight excluding hydrogens is 360 g/mol. The molecule has 0 aromatic rings. The van der Waals surface area contributed by atoms with E-state index in [4.69, 9.17) is 9.47 Å². The van der Waals surface area contributed by atoms with Crippen molar-refractivity contribution in [2.45, 2.75) is 44.7 Å². The van der Waals surface area contributed by atoms with Crippen LogP contribution < -0.4 is 0 Å². The normalized spacial score (nSPS) is 42.2. The number of hydrogen-bond donors (Lipinski definition) is 3. The van der Waals surface area contributed by atoms with Gasteiger partial charge in [0, 0.05) is 6.08 Å². The first-order chi connectivity index (χ1) is 12.3. The van der Waals surface area contributed by atoms with E-state index in [0.717, 1.165) is 19.9 Å². The van der Waals surface area contributed by atoms with Crippen LogP contribution in [0.15, 0.2) is 34.5 Å². The van der Waals surface area contributed by atoms with Gasteiger partial charge in [-0.25, -0.2) is 0 Å². The minimum Gasteiger partial charge on any atom is -0.507 e. The number of epoxide rings is 1. The molecule has 4 atom stereocenters. The van der Waals surface area contributed by atoms with Crippen LogP contribution in [0.1, 0.15) is 27.7 Å². The van der Waals surface area contributed by atoms with E-state index in [0.29, 0.717) is 0 Å². The molecule has 142 valence electrons. The van der Waals surface area contributed by atoms with E-state index in [-0.39, 0.29) is 5.76 Å². The van der Waals surface area contributed by atoms with Crippen LogP contribution in [0.4, 0.5) is 0 Å². The van der Waals surface area contributed by atoms with Gasteiger partial charge in [0.25, 0.3) is 0 Å². The molecule has 4 rings (SSSR count). The SMILES string of the molecule is CC(=O)C1=C(O)C=C2OC3=C(C(C)=O)C(=O)C4(C)OC4(O)[C@@]3(O)[C@]2(C)C1=O.